The van der Waals surface area contributed by atoms with Crippen LogP contribution in [0.1, 0.15) is 11.8 Å². The van der Waals surface area contributed by atoms with E-state index in [1.54, 1.807) is 18.3 Å². The fourth-order valence-electron chi connectivity index (χ4n) is 2.84. The molecule has 0 amide bonds. The third-order valence-corrected chi connectivity index (χ3v) is 5.19. The number of nitrogens with zero attached hydrogens (tertiary/aromatic N) is 4. The number of nitriles is 1. The van der Waals surface area contributed by atoms with Gasteiger partial charge in [0.1, 0.15) is 21.5 Å². The summed E-state index contributed by atoms with van der Waals surface area (Å²) in [5.41, 5.74) is 2.12. The Morgan fingerprint density at radius 3 is 3.12 bits per heavy atom. The van der Waals surface area contributed by atoms with Crippen molar-refractivity contribution in [3.8, 4) is 16.6 Å². The molecule has 1 aliphatic heterocycles. The van der Waals surface area contributed by atoms with Crippen molar-refractivity contribution in [1.29, 1.82) is 5.26 Å². The molecule has 0 bridgehead atoms. The first-order valence-corrected chi connectivity index (χ1v) is 8.79. The van der Waals surface area contributed by atoms with Gasteiger partial charge in [-0.05, 0) is 19.1 Å². The molecule has 1 atom stereocenters. The molecule has 4 rings (SSSR count). The highest BCUT2D eigenvalue weighted by Crippen LogP contribution is 2.36. The van der Waals surface area contributed by atoms with Gasteiger partial charge in [0.15, 0.2) is 5.58 Å². The molecule has 24 heavy (non-hydrogen) atoms. The lowest BCUT2D eigenvalue weighted by molar-refractivity contribution is 0.456. The average molecular weight is 360 g/mol. The van der Waals surface area contributed by atoms with Gasteiger partial charge >= 0.3 is 0 Å². The fraction of sp³-hybridized carbons (Fsp3) is 0.312. The van der Waals surface area contributed by atoms with E-state index in [4.69, 9.17) is 21.3 Å². The molecule has 0 aliphatic carbocycles. The zero-order chi connectivity index (χ0) is 16.7. The number of piperazine rings is 1. The SMILES string of the molecule is CC1CNCCN1c1nc2cc(Cl)cc(-c3ncc(C#N)s3)c2o1. The van der Waals surface area contributed by atoms with Crippen LogP contribution in [0.4, 0.5) is 6.01 Å². The highest BCUT2D eigenvalue weighted by Gasteiger charge is 2.24. The van der Waals surface area contributed by atoms with Crippen molar-refractivity contribution in [2.24, 2.45) is 0 Å². The molecule has 1 fully saturated rings. The summed E-state index contributed by atoms with van der Waals surface area (Å²) in [4.78, 5) is 11.6. The Bertz CT molecular complexity index is 944. The van der Waals surface area contributed by atoms with Crippen molar-refractivity contribution in [2.45, 2.75) is 13.0 Å². The molecule has 0 spiro atoms. The summed E-state index contributed by atoms with van der Waals surface area (Å²) < 4.78 is 6.07. The number of hydrogen-bond acceptors (Lipinski definition) is 7. The summed E-state index contributed by atoms with van der Waals surface area (Å²) in [6, 6.07) is 6.60. The number of anilines is 1. The first kappa shape index (κ1) is 15.4. The summed E-state index contributed by atoms with van der Waals surface area (Å²) in [6.45, 7) is 4.76. The van der Waals surface area contributed by atoms with Crippen LogP contribution in [0.3, 0.4) is 0 Å². The smallest absolute Gasteiger partial charge is 0.298 e. The molecule has 0 radical (unpaired) electrons. The number of halogens is 1. The second-order valence-corrected chi connectivity index (χ2v) is 7.15. The highest BCUT2D eigenvalue weighted by atomic mass is 35.5. The van der Waals surface area contributed by atoms with Crippen LogP contribution in [0.2, 0.25) is 5.02 Å². The normalized spacial score (nSPS) is 18.0. The first-order valence-electron chi connectivity index (χ1n) is 7.59. The number of hydrogen-bond donors (Lipinski definition) is 1. The summed E-state index contributed by atoms with van der Waals surface area (Å²) in [5.74, 6) is 0. The van der Waals surface area contributed by atoms with Crippen molar-refractivity contribution in [1.82, 2.24) is 15.3 Å². The van der Waals surface area contributed by atoms with Gasteiger partial charge in [-0.2, -0.15) is 10.2 Å². The van der Waals surface area contributed by atoms with Gasteiger partial charge in [0.05, 0.1) is 11.8 Å². The molecule has 1 unspecified atom stereocenters. The minimum Gasteiger partial charge on any atom is -0.423 e. The van der Waals surface area contributed by atoms with E-state index in [-0.39, 0.29) is 0 Å². The fourth-order valence-corrected chi connectivity index (χ4v) is 3.78. The number of benzene rings is 1. The molecule has 8 heteroatoms. The molecule has 122 valence electrons. The number of thiazole rings is 1. The zero-order valence-electron chi connectivity index (χ0n) is 12.9. The van der Waals surface area contributed by atoms with E-state index in [1.807, 2.05) is 0 Å². The predicted octanol–water partition coefficient (Wildman–Crippen LogP) is 3.27. The largest absolute Gasteiger partial charge is 0.423 e. The van der Waals surface area contributed by atoms with Crippen LogP contribution in [0.25, 0.3) is 21.7 Å². The number of aromatic nitrogens is 2. The maximum atomic E-state index is 9.02. The van der Waals surface area contributed by atoms with Gasteiger partial charge in [-0.1, -0.05) is 11.6 Å². The quantitative estimate of drug-likeness (QED) is 0.756. The van der Waals surface area contributed by atoms with Crippen LogP contribution < -0.4 is 10.2 Å². The molecular formula is C16H14ClN5OS. The zero-order valence-corrected chi connectivity index (χ0v) is 14.5. The molecule has 1 N–H and O–H groups in total. The molecule has 3 aromatic rings. The van der Waals surface area contributed by atoms with Crippen LogP contribution in [0.15, 0.2) is 22.7 Å². The molecular weight excluding hydrogens is 346 g/mol. The Morgan fingerprint density at radius 1 is 1.50 bits per heavy atom. The second kappa shape index (κ2) is 6.06. The summed E-state index contributed by atoms with van der Waals surface area (Å²) in [5, 5.41) is 13.6. The number of nitrogens with one attached hydrogen (secondary N) is 1. The molecule has 1 saturated heterocycles. The minimum absolute atomic E-state index is 0.302. The van der Waals surface area contributed by atoms with Gasteiger partial charge in [-0.3, -0.25) is 0 Å². The monoisotopic (exact) mass is 359 g/mol. The highest BCUT2D eigenvalue weighted by molar-refractivity contribution is 7.15. The van der Waals surface area contributed by atoms with Crippen molar-refractivity contribution in [3.63, 3.8) is 0 Å². The first-order chi connectivity index (χ1) is 11.7. The lowest BCUT2D eigenvalue weighted by Gasteiger charge is -2.32. The standard InChI is InChI=1S/C16H14ClN5OS/c1-9-7-19-2-3-22(9)16-21-13-5-10(17)4-12(14(13)23-16)15-20-8-11(6-18)24-15/h4-5,8-9,19H,2-3,7H2,1H3. The summed E-state index contributed by atoms with van der Waals surface area (Å²) in [6.07, 6.45) is 1.56. The van der Waals surface area contributed by atoms with E-state index in [1.165, 1.54) is 11.3 Å². The Labute approximate surface area is 147 Å². The minimum atomic E-state index is 0.302. The van der Waals surface area contributed by atoms with Gasteiger partial charge in [0.25, 0.3) is 6.01 Å². The Kier molecular flexibility index (Phi) is 3.88. The molecule has 2 aromatic heterocycles. The van der Waals surface area contributed by atoms with Crippen molar-refractivity contribution >= 4 is 40.1 Å². The summed E-state index contributed by atoms with van der Waals surface area (Å²) >= 11 is 7.56. The average Bonchev–Trinajstić information content (AvgIpc) is 3.20. The van der Waals surface area contributed by atoms with Gasteiger partial charge in [0.2, 0.25) is 0 Å². The lowest BCUT2D eigenvalue weighted by atomic mass is 10.2. The molecule has 1 aromatic carbocycles. The Balaban J connectivity index is 1.84. The van der Waals surface area contributed by atoms with Crippen LogP contribution >= 0.6 is 22.9 Å². The number of rotatable bonds is 2. The maximum absolute atomic E-state index is 9.02. The van der Waals surface area contributed by atoms with Crippen LogP contribution in [-0.2, 0) is 0 Å². The molecule has 6 nitrogen and oxygen atoms in total. The number of fused-ring (bicyclic) bond motifs is 1. The van der Waals surface area contributed by atoms with Gasteiger partial charge in [0, 0.05) is 30.7 Å². The molecule has 0 saturated carbocycles. The van der Waals surface area contributed by atoms with E-state index >= 15 is 0 Å². The predicted molar refractivity (Wildman–Crippen MR) is 94.5 cm³/mol. The number of oxazole rings is 1. The van der Waals surface area contributed by atoms with E-state index < -0.39 is 0 Å². The Morgan fingerprint density at radius 2 is 2.38 bits per heavy atom. The second-order valence-electron chi connectivity index (χ2n) is 5.69. The van der Waals surface area contributed by atoms with E-state index in [2.05, 4.69) is 33.2 Å². The van der Waals surface area contributed by atoms with Crippen LogP contribution in [0, 0.1) is 11.3 Å². The maximum Gasteiger partial charge on any atom is 0.298 e. The molecule has 3 heterocycles. The third-order valence-electron chi connectivity index (χ3n) is 4.04. The summed E-state index contributed by atoms with van der Waals surface area (Å²) in [7, 11) is 0. The van der Waals surface area contributed by atoms with Crippen molar-refractivity contribution in [2.75, 3.05) is 24.5 Å². The van der Waals surface area contributed by atoms with Crippen LogP contribution in [0.5, 0.6) is 0 Å². The van der Waals surface area contributed by atoms with Crippen molar-refractivity contribution in [3.05, 3.63) is 28.2 Å². The van der Waals surface area contributed by atoms with Crippen LogP contribution in [-0.4, -0.2) is 35.6 Å². The lowest BCUT2D eigenvalue weighted by Crippen LogP contribution is -2.50. The third kappa shape index (κ3) is 2.63. The topological polar surface area (TPSA) is 78.0 Å². The van der Waals surface area contributed by atoms with E-state index in [0.717, 1.165) is 25.2 Å². The molecule has 1 aliphatic rings. The van der Waals surface area contributed by atoms with E-state index in [9.17, 15) is 0 Å². The van der Waals surface area contributed by atoms with Gasteiger partial charge in [-0.25, -0.2) is 4.98 Å². The van der Waals surface area contributed by atoms with E-state index in [0.29, 0.717) is 38.1 Å². The Hall–Kier alpha value is -2.14. The van der Waals surface area contributed by atoms with Crippen molar-refractivity contribution < 1.29 is 4.42 Å². The van der Waals surface area contributed by atoms with Gasteiger partial charge < -0.3 is 14.6 Å². The van der Waals surface area contributed by atoms with Gasteiger partial charge in [-0.15, -0.1) is 11.3 Å².